The molecule has 1 aromatic carbocycles. The maximum Gasteiger partial charge on any atom is 0.270 e. The fraction of sp³-hybridized carbons (Fsp3) is 0.280. The van der Waals surface area contributed by atoms with Crippen LogP contribution in [-0.2, 0) is 13.1 Å². The van der Waals surface area contributed by atoms with Crippen molar-refractivity contribution in [3.8, 4) is 0 Å². The van der Waals surface area contributed by atoms with Gasteiger partial charge >= 0.3 is 0 Å². The molecule has 3 heterocycles. The second-order valence-corrected chi connectivity index (χ2v) is 8.51. The summed E-state index contributed by atoms with van der Waals surface area (Å²) in [7, 11) is 0. The molecule has 0 bridgehead atoms. The molecule has 1 aliphatic rings. The van der Waals surface area contributed by atoms with Gasteiger partial charge in [0.1, 0.15) is 22.7 Å². The summed E-state index contributed by atoms with van der Waals surface area (Å²) in [6.45, 7) is 1.78. The summed E-state index contributed by atoms with van der Waals surface area (Å²) in [6.07, 6.45) is 7.18. The van der Waals surface area contributed by atoms with Crippen LogP contribution in [0.2, 0.25) is 0 Å². The third kappa shape index (κ3) is 4.61. The SMILES string of the molecule is O=C(NCc1cc(F)c2ncc(CNCC3CCC3)cc2c1)c1cc(=O)n2ccccc2n1. The Bertz CT molecular complexity index is 1400. The van der Waals surface area contributed by atoms with Crippen LogP contribution in [0.15, 0.2) is 59.7 Å². The lowest BCUT2D eigenvalue weighted by atomic mass is 9.85. The highest BCUT2D eigenvalue weighted by Crippen LogP contribution is 2.25. The number of carbonyl (C=O) groups excluding carboxylic acids is 1. The number of hydrogen-bond donors (Lipinski definition) is 2. The maximum absolute atomic E-state index is 14.6. The number of rotatable bonds is 7. The first-order chi connectivity index (χ1) is 16.1. The van der Waals surface area contributed by atoms with Crippen LogP contribution in [-0.4, -0.2) is 26.8 Å². The molecule has 7 nitrogen and oxygen atoms in total. The molecule has 0 spiro atoms. The Morgan fingerprint density at radius 1 is 1.12 bits per heavy atom. The van der Waals surface area contributed by atoms with E-state index in [9.17, 15) is 14.0 Å². The van der Waals surface area contributed by atoms with E-state index >= 15 is 0 Å². The van der Waals surface area contributed by atoms with E-state index in [1.165, 1.54) is 35.8 Å². The Kier molecular flexibility index (Phi) is 5.83. The van der Waals surface area contributed by atoms with Crippen LogP contribution in [0.3, 0.4) is 0 Å². The van der Waals surface area contributed by atoms with Gasteiger partial charge in [0.25, 0.3) is 11.5 Å². The molecule has 168 valence electrons. The highest BCUT2D eigenvalue weighted by Gasteiger charge is 2.16. The number of carbonyl (C=O) groups is 1. The second kappa shape index (κ2) is 9.07. The van der Waals surface area contributed by atoms with Crippen molar-refractivity contribution in [2.24, 2.45) is 5.92 Å². The summed E-state index contributed by atoms with van der Waals surface area (Å²) in [5.41, 5.74) is 1.96. The number of hydrogen-bond acceptors (Lipinski definition) is 5. The quantitative estimate of drug-likeness (QED) is 0.456. The Morgan fingerprint density at radius 2 is 1.97 bits per heavy atom. The van der Waals surface area contributed by atoms with E-state index < -0.39 is 11.7 Å². The van der Waals surface area contributed by atoms with Gasteiger partial charge < -0.3 is 10.6 Å². The Labute approximate surface area is 189 Å². The van der Waals surface area contributed by atoms with Gasteiger partial charge in [-0.1, -0.05) is 12.5 Å². The predicted molar refractivity (Wildman–Crippen MR) is 123 cm³/mol. The zero-order chi connectivity index (χ0) is 22.8. The van der Waals surface area contributed by atoms with Crippen LogP contribution in [0.1, 0.15) is 40.9 Å². The Hall–Kier alpha value is -3.65. The first-order valence-electron chi connectivity index (χ1n) is 11.1. The summed E-state index contributed by atoms with van der Waals surface area (Å²) in [4.78, 5) is 33.3. The van der Waals surface area contributed by atoms with Gasteiger partial charge in [0.15, 0.2) is 0 Å². The Morgan fingerprint density at radius 3 is 2.79 bits per heavy atom. The van der Waals surface area contributed by atoms with Gasteiger partial charge in [0.2, 0.25) is 0 Å². The molecule has 8 heteroatoms. The van der Waals surface area contributed by atoms with E-state index in [0.717, 1.165) is 18.0 Å². The topological polar surface area (TPSA) is 88.4 Å². The summed E-state index contributed by atoms with van der Waals surface area (Å²) >= 11 is 0. The van der Waals surface area contributed by atoms with Crippen LogP contribution in [0.25, 0.3) is 16.6 Å². The maximum atomic E-state index is 14.6. The first kappa shape index (κ1) is 21.2. The molecule has 0 unspecified atom stereocenters. The lowest BCUT2D eigenvalue weighted by molar-refractivity contribution is 0.0946. The number of nitrogens with zero attached hydrogens (tertiary/aromatic N) is 3. The van der Waals surface area contributed by atoms with E-state index in [0.29, 0.717) is 28.7 Å². The number of aromatic nitrogens is 3. The van der Waals surface area contributed by atoms with E-state index in [-0.39, 0.29) is 17.8 Å². The highest BCUT2D eigenvalue weighted by molar-refractivity contribution is 5.92. The average Bonchev–Trinajstić information content (AvgIpc) is 2.79. The summed E-state index contributed by atoms with van der Waals surface area (Å²) in [5.74, 6) is -0.168. The zero-order valence-electron chi connectivity index (χ0n) is 18.1. The van der Waals surface area contributed by atoms with Gasteiger partial charge in [-0.3, -0.25) is 19.0 Å². The smallest absolute Gasteiger partial charge is 0.270 e. The molecule has 1 saturated carbocycles. The van der Waals surface area contributed by atoms with Crippen LogP contribution < -0.4 is 16.2 Å². The van der Waals surface area contributed by atoms with Crippen molar-refractivity contribution in [1.82, 2.24) is 25.0 Å². The molecule has 0 radical (unpaired) electrons. The zero-order valence-corrected chi connectivity index (χ0v) is 18.1. The third-order valence-electron chi connectivity index (χ3n) is 6.10. The number of nitrogens with one attached hydrogen (secondary N) is 2. The standard InChI is InChI=1S/C25H24FN5O2/c26-20-10-17(8-19-9-18(15-28-24(19)20)13-27-12-16-4-3-5-16)14-29-25(33)21-11-23(32)31-7-2-1-6-22(31)30-21/h1-2,6-11,15-16,27H,3-5,12-14H2,(H,29,33). The van der Waals surface area contributed by atoms with Gasteiger partial charge in [0.05, 0.1) is 0 Å². The van der Waals surface area contributed by atoms with Crippen molar-refractivity contribution < 1.29 is 9.18 Å². The monoisotopic (exact) mass is 445 g/mol. The normalized spacial score (nSPS) is 13.8. The third-order valence-corrected chi connectivity index (χ3v) is 6.10. The molecule has 4 aromatic rings. The van der Waals surface area contributed by atoms with E-state index in [1.54, 1.807) is 30.6 Å². The first-order valence-corrected chi connectivity index (χ1v) is 11.1. The molecule has 1 fully saturated rings. The molecular weight excluding hydrogens is 421 g/mol. The molecule has 2 N–H and O–H groups in total. The molecule has 0 atom stereocenters. The number of halogens is 1. The predicted octanol–water partition coefficient (Wildman–Crippen LogP) is 3.20. The van der Waals surface area contributed by atoms with E-state index in [4.69, 9.17) is 0 Å². The largest absolute Gasteiger partial charge is 0.347 e. The molecule has 0 saturated heterocycles. The number of benzene rings is 1. The van der Waals surface area contributed by atoms with Crippen LogP contribution in [0.5, 0.6) is 0 Å². The van der Waals surface area contributed by atoms with Crippen molar-refractivity contribution in [3.05, 3.63) is 87.9 Å². The summed E-state index contributed by atoms with van der Waals surface area (Å²) in [6, 6.07) is 11.4. The number of fused-ring (bicyclic) bond motifs is 2. The molecule has 0 aliphatic heterocycles. The lowest BCUT2D eigenvalue weighted by Crippen LogP contribution is -2.27. The number of pyridine rings is 2. The molecule has 33 heavy (non-hydrogen) atoms. The highest BCUT2D eigenvalue weighted by atomic mass is 19.1. The van der Waals surface area contributed by atoms with Crippen molar-refractivity contribution in [2.45, 2.75) is 32.4 Å². The minimum absolute atomic E-state index is 0.0222. The van der Waals surface area contributed by atoms with Gasteiger partial charge in [-0.15, -0.1) is 0 Å². The van der Waals surface area contributed by atoms with Crippen LogP contribution >= 0.6 is 0 Å². The average molecular weight is 445 g/mol. The fourth-order valence-corrected chi connectivity index (χ4v) is 4.07. The number of amides is 1. The minimum Gasteiger partial charge on any atom is -0.347 e. The summed E-state index contributed by atoms with van der Waals surface area (Å²) < 4.78 is 16.0. The van der Waals surface area contributed by atoms with Crippen molar-refractivity contribution in [3.63, 3.8) is 0 Å². The van der Waals surface area contributed by atoms with Crippen LogP contribution in [0.4, 0.5) is 4.39 Å². The van der Waals surface area contributed by atoms with E-state index in [1.807, 2.05) is 12.1 Å². The van der Waals surface area contributed by atoms with Gasteiger partial charge in [-0.05, 0) is 66.8 Å². The van der Waals surface area contributed by atoms with Crippen molar-refractivity contribution >= 4 is 22.5 Å². The van der Waals surface area contributed by atoms with Gasteiger partial charge in [-0.2, -0.15) is 0 Å². The lowest BCUT2D eigenvalue weighted by Gasteiger charge is -2.25. The fourth-order valence-electron chi connectivity index (χ4n) is 4.07. The minimum atomic E-state index is -0.494. The van der Waals surface area contributed by atoms with Gasteiger partial charge in [-0.25, -0.2) is 9.37 Å². The molecule has 1 aliphatic carbocycles. The van der Waals surface area contributed by atoms with Crippen molar-refractivity contribution in [2.75, 3.05) is 6.54 Å². The molecule has 1 amide bonds. The molecule has 5 rings (SSSR count). The Balaban J connectivity index is 1.29. The van der Waals surface area contributed by atoms with Gasteiger partial charge in [0, 0.05) is 36.9 Å². The molecular formula is C25H24FN5O2. The second-order valence-electron chi connectivity index (χ2n) is 8.51. The van der Waals surface area contributed by atoms with Crippen molar-refractivity contribution in [1.29, 1.82) is 0 Å². The van der Waals surface area contributed by atoms with E-state index in [2.05, 4.69) is 20.6 Å². The van der Waals surface area contributed by atoms with Crippen LogP contribution in [0, 0.1) is 11.7 Å². The summed E-state index contributed by atoms with van der Waals surface area (Å²) in [5, 5.41) is 6.86. The molecule has 3 aromatic heterocycles.